The van der Waals surface area contributed by atoms with Gasteiger partial charge in [0.15, 0.2) is 0 Å². The average molecular weight is 330 g/mol. The number of nitrogens with two attached hydrogens (primary N) is 1. The zero-order valence-corrected chi connectivity index (χ0v) is 13.2. The Morgan fingerprint density at radius 2 is 2.08 bits per heavy atom. The molecule has 9 nitrogen and oxygen atoms in total. The molecule has 2 aromatic heterocycles. The highest BCUT2D eigenvalue weighted by Crippen LogP contribution is 2.31. The van der Waals surface area contributed by atoms with Crippen LogP contribution in [0.2, 0.25) is 0 Å². The number of amides is 2. The zero-order valence-electron chi connectivity index (χ0n) is 13.2. The first-order valence-electron chi connectivity index (χ1n) is 7.68. The van der Waals surface area contributed by atoms with Crippen molar-refractivity contribution in [2.24, 2.45) is 12.8 Å². The Hall–Kier alpha value is -2.97. The highest BCUT2D eigenvalue weighted by molar-refractivity contribution is 5.93. The van der Waals surface area contributed by atoms with E-state index in [2.05, 4.69) is 15.3 Å². The molecule has 126 valence electrons. The monoisotopic (exact) mass is 330 g/mol. The van der Waals surface area contributed by atoms with Gasteiger partial charge >= 0.3 is 0 Å². The Kier molecular flexibility index (Phi) is 4.15. The van der Waals surface area contributed by atoms with E-state index in [4.69, 9.17) is 5.73 Å². The van der Waals surface area contributed by atoms with Gasteiger partial charge in [-0.2, -0.15) is 10.2 Å². The third-order valence-electron chi connectivity index (χ3n) is 4.15. The maximum atomic E-state index is 12.8. The number of rotatable bonds is 3. The average Bonchev–Trinajstić information content (AvgIpc) is 3.07. The lowest BCUT2D eigenvalue weighted by Gasteiger charge is -2.34. The van der Waals surface area contributed by atoms with Crippen LogP contribution in [-0.4, -0.2) is 43.2 Å². The first kappa shape index (κ1) is 15.9. The highest BCUT2D eigenvalue weighted by Gasteiger charge is 2.31. The lowest BCUT2D eigenvalue weighted by atomic mass is 9.98. The molecule has 0 aliphatic carbocycles. The van der Waals surface area contributed by atoms with Crippen molar-refractivity contribution >= 4 is 11.8 Å². The number of nitrogens with one attached hydrogen (secondary N) is 1. The first-order chi connectivity index (χ1) is 11.5. The molecule has 1 aliphatic heterocycles. The molecule has 1 atom stereocenters. The van der Waals surface area contributed by atoms with E-state index in [1.165, 1.54) is 19.2 Å². The van der Waals surface area contributed by atoms with Gasteiger partial charge in [0.1, 0.15) is 11.4 Å². The number of carbonyl (C=O) groups is 2. The van der Waals surface area contributed by atoms with E-state index in [9.17, 15) is 14.4 Å². The molecule has 3 rings (SSSR count). The van der Waals surface area contributed by atoms with Gasteiger partial charge in [-0.25, -0.2) is 4.68 Å². The molecule has 0 spiro atoms. The second kappa shape index (κ2) is 6.26. The van der Waals surface area contributed by atoms with Gasteiger partial charge in [0.2, 0.25) is 0 Å². The maximum Gasteiger partial charge on any atom is 0.274 e. The van der Waals surface area contributed by atoms with Crippen LogP contribution in [0.4, 0.5) is 0 Å². The van der Waals surface area contributed by atoms with Crippen LogP contribution in [0.3, 0.4) is 0 Å². The number of aromatic amines is 1. The zero-order chi connectivity index (χ0) is 17.3. The SMILES string of the molecule is Cn1nc(C(=O)N2CCCCC2c2cc(C(N)=O)n[nH]2)ccc1=O. The summed E-state index contributed by atoms with van der Waals surface area (Å²) in [5.74, 6) is -0.878. The number of aromatic nitrogens is 4. The van der Waals surface area contributed by atoms with Crippen molar-refractivity contribution in [1.82, 2.24) is 24.9 Å². The molecular weight excluding hydrogens is 312 g/mol. The molecule has 2 amide bonds. The highest BCUT2D eigenvalue weighted by atomic mass is 16.2. The smallest absolute Gasteiger partial charge is 0.274 e. The number of H-pyrrole nitrogens is 1. The van der Waals surface area contributed by atoms with Gasteiger partial charge < -0.3 is 10.6 Å². The molecule has 3 N–H and O–H groups in total. The number of aryl methyl sites for hydroxylation is 1. The molecular formula is C15H18N6O3. The maximum absolute atomic E-state index is 12.8. The Bertz CT molecular complexity index is 840. The van der Waals surface area contributed by atoms with Crippen LogP contribution in [0.1, 0.15) is 52.0 Å². The van der Waals surface area contributed by atoms with E-state index >= 15 is 0 Å². The van der Waals surface area contributed by atoms with Crippen LogP contribution in [0, 0.1) is 0 Å². The van der Waals surface area contributed by atoms with E-state index in [0.717, 1.165) is 23.9 Å². The minimum absolute atomic E-state index is 0.142. The molecule has 1 aliphatic rings. The Balaban J connectivity index is 1.90. The quantitative estimate of drug-likeness (QED) is 0.817. The number of carbonyl (C=O) groups excluding carboxylic acids is 2. The fourth-order valence-corrected chi connectivity index (χ4v) is 2.90. The molecule has 2 aromatic rings. The van der Waals surface area contributed by atoms with Gasteiger partial charge in [0.25, 0.3) is 17.4 Å². The van der Waals surface area contributed by atoms with E-state index in [0.29, 0.717) is 12.2 Å². The summed E-state index contributed by atoms with van der Waals surface area (Å²) >= 11 is 0. The second-order valence-corrected chi connectivity index (χ2v) is 5.76. The fraction of sp³-hybridized carbons (Fsp3) is 0.400. The fourth-order valence-electron chi connectivity index (χ4n) is 2.90. The van der Waals surface area contributed by atoms with Crippen LogP contribution < -0.4 is 11.3 Å². The summed E-state index contributed by atoms with van der Waals surface area (Å²) in [6, 6.07) is 4.09. The van der Waals surface area contributed by atoms with E-state index in [1.54, 1.807) is 11.0 Å². The molecule has 0 saturated carbocycles. The largest absolute Gasteiger partial charge is 0.364 e. The predicted octanol–water partition coefficient (Wildman–Crippen LogP) is -0.0303. The van der Waals surface area contributed by atoms with Crippen molar-refractivity contribution in [2.45, 2.75) is 25.3 Å². The number of hydrogen-bond acceptors (Lipinski definition) is 5. The summed E-state index contributed by atoms with van der Waals surface area (Å²) in [6.07, 6.45) is 2.59. The van der Waals surface area contributed by atoms with Gasteiger partial charge in [0, 0.05) is 19.7 Å². The minimum atomic E-state index is -0.620. The molecule has 3 heterocycles. The van der Waals surface area contributed by atoms with Crippen molar-refractivity contribution in [3.8, 4) is 0 Å². The molecule has 1 fully saturated rings. The number of nitrogens with zero attached hydrogens (tertiary/aromatic N) is 4. The standard InChI is InChI=1S/C15H18N6O3/c1-20-13(22)6-5-9(19-20)15(24)21-7-3-2-4-12(21)10-8-11(14(16)23)18-17-10/h5-6,8,12H,2-4,7H2,1H3,(H2,16,23)(H,17,18). The van der Waals surface area contributed by atoms with Crippen molar-refractivity contribution in [3.63, 3.8) is 0 Å². The lowest BCUT2D eigenvalue weighted by molar-refractivity contribution is 0.0597. The second-order valence-electron chi connectivity index (χ2n) is 5.76. The van der Waals surface area contributed by atoms with E-state index < -0.39 is 5.91 Å². The summed E-state index contributed by atoms with van der Waals surface area (Å²) in [5, 5.41) is 10.7. The molecule has 1 unspecified atom stereocenters. The summed E-state index contributed by atoms with van der Waals surface area (Å²) in [5.41, 5.74) is 5.97. The molecule has 0 bridgehead atoms. The molecule has 0 aromatic carbocycles. The summed E-state index contributed by atoms with van der Waals surface area (Å²) < 4.78 is 1.13. The molecule has 24 heavy (non-hydrogen) atoms. The molecule has 9 heteroatoms. The minimum Gasteiger partial charge on any atom is -0.364 e. The van der Waals surface area contributed by atoms with Crippen LogP contribution >= 0.6 is 0 Å². The first-order valence-corrected chi connectivity index (χ1v) is 7.68. The van der Waals surface area contributed by atoms with Crippen molar-refractivity contribution in [2.75, 3.05) is 6.54 Å². The van der Waals surface area contributed by atoms with Crippen LogP contribution in [0.5, 0.6) is 0 Å². The third-order valence-corrected chi connectivity index (χ3v) is 4.15. The van der Waals surface area contributed by atoms with Gasteiger partial charge in [0.05, 0.1) is 11.7 Å². The summed E-state index contributed by atoms with van der Waals surface area (Å²) in [7, 11) is 1.50. The molecule has 0 radical (unpaired) electrons. The van der Waals surface area contributed by atoms with Gasteiger partial charge in [-0.1, -0.05) is 0 Å². The van der Waals surface area contributed by atoms with Gasteiger partial charge in [-0.15, -0.1) is 0 Å². The van der Waals surface area contributed by atoms with Crippen LogP contribution in [0.25, 0.3) is 0 Å². The number of hydrogen-bond donors (Lipinski definition) is 2. The van der Waals surface area contributed by atoms with Crippen molar-refractivity contribution in [3.05, 3.63) is 45.6 Å². The lowest BCUT2D eigenvalue weighted by Crippen LogP contribution is -2.39. The number of primary amides is 1. The number of piperidine rings is 1. The van der Waals surface area contributed by atoms with Gasteiger partial charge in [-0.05, 0) is 31.4 Å². The topological polar surface area (TPSA) is 127 Å². The third kappa shape index (κ3) is 2.92. The van der Waals surface area contributed by atoms with Gasteiger partial charge in [-0.3, -0.25) is 19.5 Å². The Labute approximate surface area is 137 Å². The van der Waals surface area contributed by atoms with Crippen molar-refractivity contribution in [1.29, 1.82) is 0 Å². The summed E-state index contributed by atoms with van der Waals surface area (Å²) in [4.78, 5) is 37.2. The normalized spacial score (nSPS) is 17.7. The summed E-state index contributed by atoms with van der Waals surface area (Å²) in [6.45, 7) is 0.568. The van der Waals surface area contributed by atoms with Crippen LogP contribution in [-0.2, 0) is 7.05 Å². The Morgan fingerprint density at radius 1 is 1.29 bits per heavy atom. The Morgan fingerprint density at radius 3 is 2.75 bits per heavy atom. The van der Waals surface area contributed by atoms with Crippen LogP contribution in [0.15, 0.2) is 23.0 Å². The predicted molar refractivity (Wildman–Crippen MR) is 84.2 cm³/mol. The van der Waals surface area contributed by atoms with E-state index in [-0.39, 0.29) is 28.9 Å². The molecule has 1 saturated heterocycles. The van der Waals surface area contributed by atoms with Crippen molar-refractivity contribution < 1.29 is 9.59 Å². The van der Waals surface area contributed by atoms with E-state index in [1.807, 2.05) is 0 Å². The number of likely N-dealkylation sites (tertiary alicyclic amines) is 1.